The molecule has 0 atom stereocenters. The van der Waals surface area contributed by atoms with Crippen molar-refractivity contribution in [1.82, 2.24) is 20.2 Å². The van der Waals surface area contributed by atoms with Gasteiger partial charge in [0.1, 0.15) is 0 Å². The van der Waals surface area contributed by atoms with Crippen LogP contribution in [0.25, 0.3) is 5.69 Å². The molecule has 182 valence electrons. The molecule has 0 saturated heterocycles. The monoisotopic (exact) mass is 535 g/mol. The SMILES string of the molecule is CC(C)(C)c1ccc(-n2nnnc2SCC(=O)Nc2ccc(C#Cc3ccccc3)cc2Cl)c(Cl)c1. The maximum absolute atomic E-state index is 12.6. The Morgan fingerprint density at radius 1 is 0.972 bits per heavy atom. The summed E-state index contributed by atoms with van der Waals surface area (Å²) in [5.74, 6) is 6.01. The van der Waals surface area contributed by atoms with Crippen LogP contribution in [0, 0.1) is 11.8 Å². The summed E-state index contributed by atoms with van der Waals surface area (Å²) in [4.78, 5) is 12.6. The molecule has 4 rings (SSSR count). The van der Waals surface area contributed by atoms with Gasteiger partial charge in [0, 0.05) is 11.1 Å². The maximum Gasteiger partial charge on any atom is 0.234 e. The summed E-state index contributed by atoms with van der Waals surface area (Å²) in [6.07, 6.45) is 0. The lowest BCUT2D eigenvalue weighted by molar-refractivity contribution is -0.113. The lowest BCUT2D eigenvalue weighted by atomic mass is 9.87. The van der Waals surface area contributed by atoms with Crippen molar-refractivity contribution in [2.75, 3.05) is 11.1 Å². The van der Waals surface area contributed by atoms with E-state index in [9.17, 15) is 4.79 Å². The molecule has 0 aliphatic carbocycles. The van der Waals surface area contributed by atoms with Crippen LogP contribution in [-0.2, 0) is 10.2 Å². The molecule has 0 fully saturated rings. The van der Waals surface area contributed by atoms with Crippen LogP contribution in [-0.4, -0.2) is 31.9 Å². The van der Waals surface area contributed by atoms with Gasteiger partial charge < -0.3 is 5.32 Å². The van der Waals surface area contributed by atoms with Gasteiger partial charge in [0.25, 0.3) is 0 Å². The molecular weight excluding hydrogens is 513 g/mol. The lowest BCUT2D eigenvalue weighted by Crippen LogP contribution is -2.15. The number of rotatable bonds is 5. The van der Waals surface area contributed by atoms with Gasteiger partial charge in [-0.05, 0) is 63.9 Å². The largest absolute Gasteiger partial charge is 0.324 e. The zero-order valence-corrected chi connectivity index (χ0v) is 22.2. The molecule has 0 saturated carbocycles. The zero-order chi connectivity index (χ0) is 25.7. The standard InChI is InChI=1S/C27H23Cl2N5OS/c1-27(2,3)20-12-14-24(22(29)16-20)34-26(31-32-33-34)36-17-25(35)30-23-13-11-19(15-21(23)28)10-9-18-7-5-4-6-8-18/h4-8,11-16H,17H2,1-3H3,(H,30,35). The second-order valence-electron chi connectivity index (χ2n) is 8.94. The van der Waals surface area contributed by atoms with E-state index in [0.29, 0.717) is 26.6 Å². The Hall–Kier alpha value is -3.31. The first kappa shape index (κ1) is 25.8. The Balaban J connectivity index is 1.40. The molecule has 0 unspecified atom stereocenters. The topological polar surface area (TPSA) is 72.7 Å². The van der Waals surface area contributed by atoms with Gasteiger partial charge in [-0.15, -0.1) is 5.10 Å². The first-order chi connectivity index (χ1) is 17.2. The minimum absolute atomic E-state index is 0.0353. The molecule has 1 aromatic heterocycles. The number of amides is 1. The number of thioether (sulfide) groups is 1. The van der Waals surface area contributed by atoms with Crippen molar-refractivity contribution in [3.05, 3.63) is 93.5 Å². The first-order valence-electron chi connectivity index (χ1n) is 11.1. The number of nitrogens with zero attached hydrogens (tertiary/aromatic N) is 4. The molecule has 0 aliphatic rings. The fraction of sp³-hybridized carbons (Fsp3) is 0.185. The minimum atomic E-state index is -0.242. The summed E-state index contributed by atoms with van der Waals surface area (Å²) in [5, 5.41) is 16.1. The van der Waals surface area contributed by atoms with E-state index in [1.54, 1.807) is 12.1 Å². The highest BCUT2D eigenvalue weighted by molar-refractivity contribution is 7.99. The Kier molecular flexibility index (Phi) is 8.00. The van der Waals surface area contributed by atoms with E-state index in [1.807, 2.05) is 54.6 Å². The molecule has 0 aliphatic heterocycles. The van der Waals surface area contributed by atoms with Crippen molar-refractivity contribution in [3.8, 4) is 17.5 Å². The van der Waals surface area contributed by atoms with Crippen LogP contribution in [0.5, 0.6) is 0 Å². The van der Waals surface area contributed by atoms with Crippen LogP contribution >= 0.6 is 35.0 Å². The van der Waals surface area contributed by atoms with Gasteiger partial charge in [0.15, 0.2) is 0 Å². The van der Waals surface area contributed by atoms with Crippen LogP contribution in [0.4, 0.5) is 5.69 Å². The minimum Gasteiger partial charge on any atom is -0.324 e. The normalized spacial score (nSPS) is 11.0. The second kappa shape index (κ2) is 11.2. The van der Waals surface area contributed by atoms with Crippen LogP contribution in [0.2, 0.25) is 10.0 Å². The summed E-state index contributed by atoms with van der Waals surface area (Å²) in [6.45, 7) is 6.35. The van der Waals surface area contributed by atoms with Crippen molar-refractivity contribution < 1.29 is 4.79 Å². The van der Waals surface area contributed by atoms with E-state index in [2.05, 4.69) is 53.5 Å². The number of anilines is 1. The quantitative estimate of drug-likeness (QED) is 0.236. The fourth-order valence-corrected chi connectivity index (χ4v) is 4.41. The van der Waals surface area contributed by atoms with E-state index < -0.39 is 0 Å². The van der Waals surface area contributed by atoms with Gasteiger partial charge in [-0.2, -0.15) is 4.68 Å². The molecule has 36 heavy (non-hydrogen) atoms. The number of nitrogens with one attached hydrogen (secondary N) is 1. The average Bonchev–Trinajstić information content (AvgIpc) is 3.31. The highest BCUT2D eigenvalue weighted by Gasteiger charge is 2.18. The van der Waals surface area contributed by atoms with E-state index >= 15 is 0 Å². The molecule has 4 aromatic rings. The summed E-state index contributed by atoms with van der Waals surface area (Å²) in [6, 6.07) is 20.8. The molecular formula is C27H23Cl2N5OS. The van der Waals surface area contributed by atoms with E-state index in [4.69, 9.17) is 23.2 Å². The third-order valence-corrected chi connectivity index (χ3v) is 6.72. The van der Waals surface area contributed by atoms with E-state index in [0.717, 1.165) is 16.7 Å². The van der Waals surface area contributed by atoms with Crippen LogP contribution < -0.4 is 5.32 Å². The molecule has 3 aromatic carbocycles. The molecule has 1 N–H and O–H groups in total. The predicted molar refractivity (Wildman–Crippen MR) is 146 cm³/mol. The number of aromatic nitrogens is 4. The Labute approximate surface area is 224 Å². The Bertz CT molecular complexity index is 1450. The second-order valence-corrected chi connectivity index (χ2v) is 10.7. The number of benzene rings is 3. The number of carbonyl (C=O) groups is 1. The number of carbonyl (C=O) groups excluding carboxylic acids is 1. The Morgan fingerprint density at radius 2 is 1.72 bits per heavy atom. The van der Waals surface area contributed by atoms with E-state index in [-0.39, 0.29) is 17.1 Å². The van der Waals surface area contributed by atoms with E-state index in [1.165, 1.54) is 16.4 Å². The van der Waals surface area contributed by atoms with Crippen molar-refractivity contribution >= 4 is 46.6 Å². The van der Waals surface area contributed by atoms with Crippen LogP contribution in [0.15, 0.2) is 71.9 Å². The molecule has 6 nitrogen and oxygen atoms in total. The summed E-state index contributed by atoms with van der Waals surface area (Å²) < 4.78 is 1.53. The van der Waals surface area contributed by atoms with Gasteiger partial charge in [0.05, 0.1) is 27.2 Å². The predicted octanol–water partition coefficient (Wildman–Crippen LogP) is 6.40. The number of hydrogen-bond donors (Lipinski definition) is 1. The molecule has 1 heterocycles. The van der Waals surface area contributed by atoms with Gasteiger partial charge in [0.2, 0.25) is 11.1 Å². The molecule has 0 bridgehead atoms. The Morgan fingerprint density at radius 3 is 2.42 bits per heavy atom. The first-order valence-corrected chi connectivity index (χ1v) is 12.8. The van der Waals surface area contributed by atoms with Gasteiger partial charge >= 0.3 is 0 Å². The van der Waals surface area contributed by atoms with Crippen molar-refractivity contribution in [2.24, 2.45) is 0 Å². The number of hydrogen-bond acceptors (Lipinski definition) is 5. The molecule has 0 spiro atoms. The van der Waals surface area contributed by atoms with Crippen LogP contribution in [0.1, 0.15) is 37.5 Å². The van der Waals surface area contributed by atoms with Crippen molar-refractivity contribution in [2.45, 2.75) is 31.3 Å². The molecule has 0 radical (unpaired) electrons. The van der Waals surface area contributed by atoms with Crippen molar-refractivity contribution in [1.29, 1.82) is 0 Å². The smallest absolute Gasteiger partial charge is 0.234 e. The third kappa shape index (κ3) is 6.46. The maximum atomic E-state index is 12.6. The average molecular weight is 536 g/mol. The van der Waals surface area contributed by atoms with Gasteiger partial charge in [-0.25, -0.2) is 0 Å². The van der Waals surface area contributed by atoms with Crippen LogP contribution in [0.3, 0.4) is 0 Å². The van der Waals surface area contributed by atoms with Gasteiger partial charge in [-0.3, -0.25) is 4.79 Å². The van der Waals surface area contributed by atoms with Gasteiger partial charge in [-0.1, -0.05) is 91.8 Å². The fourth-order valence-electron chi connectivity index (χ4n) is 3.24. The highest BCUT2D eigenvalue weighted by Crippen LogP contribution is 2.30. The summed E-state index contributed by atoms with van der Waals surface area (Å²) in [5.41, 5.74) is 3.89. The lowest BCUT2D eigenvalue weighted by Gasteiger charge is -2.20. The number of tetrazole rings is 1. The molecule has 1 amide bonds. The number of halogens is 2. The summed E-state index contributed by atoms with van der Waals surface area (Å²) >= 11 is 14.1. The summed E-state index contributed by atoms with van der Waals surface area (Å²) in [7, 11) is 0. The third-order valence-electron chi connectivity index (χ3n) is 5.18. The van der Waals surface area contributed by atoms with Crippen molar-refractivity contribution in [3.63, 3.8) is 0 Å². The highest BCUT2D eigenvalue weighted by atomic mass is 35.5. The molecule has 9 heteroatoms. The zero-order valence-electron chi connectivity index (χ0n) is 19.9.